The Morgan fingerprint density at radius 1 is 1.07 bits per heavy atom. The van der Waals surface area contributed by atoms with Crippen LogP contribution in [0.5, 0.6) is 0 Å². The van der Waals surface area contributed by atoms with Crippen molar-refractivity contribution in [1.82, 2.24) is 19.9 Å². The molecule has 0 saturated heterocycles. The Morgan fingerprint density at radius 3 is 2.41 bits per heavy atom. The summed E-state index contributed by atoms with van der Waals surface area (Å²) >= 11 is 5.83. The molecule has 1 aromatic carbocycles. The van der Waals surface area contributed by atoms with Gasteiger partial charge in [0.25, 0.3) is 5.69 Å². The van der Waals surface area contributed by atoms with Crippen LogP contribution in [-0.4, -0.2) is 42.1 Å². The molecule has 11 heteroatoms. The second-order valence-electron chi connectivity index (χ2n) is 6.86. The number of rotatable bonds is 5. The van der Waals surface area contributed by atoms with E-state index in [1.807, 2.05) is 0 Å². The van der Waals surface area contributed by atoms with Crippen LogP contribution >= 0.6 is 11.6 Å². The Labute approximate surface area is 170 Å². The number of nitro benzene ring substituents is 1. The Balaban J connectivity index is 1.50. The fourth-order valence-corrected chi connectivity index (χ4v) is 3.41. The lowest BCUT2D eigenvalue weighted by Gasteiger charge is -2.26. The predicted octanol–water partition coefficient (Wildman–Crippen LogP) is 3.44. The normalized spacial score (nSPS) is 19.1. The average Bonchev–Trinajstić information content (AvgIpc) is 2.71. The van der Waals surface area contributed by atoms with Crippen molar-refractivity contribution in [3.8, 4) is 0 Å². The van der Waals surface area contributed by atoms with Gasteiger partial charge in [-0.2, -0.15) is 0 Å². The molecule has 1 aliphatic carbocycles. The molecule has 3 aromatic rings. The second-order valence-corrected chi connectivity index (χ2v) is 7.26. The number of benzene rings is 1. The number of hydrogen-bond acceptors (Lipinski definition) is 9. The van der Waals surface area contributed by atoms with Crippen LogP contribution in [0.4, 0.5) is 23.3 Å². The highest BCUT2D eigenvalue weighted by molar-refractivity contribution is 6.32. The van der Waals surface area contributed by atoms with Gasteiger partial charge in [0.05, 0.1) is 23.4 Å². The van der Waals surface area contributed by atoms with E-state index in [1.165, 1.54) is 12.1 Å². The van der Waals surface area contributed by atoms with Crippen LogP contribution in [0.15, 0.2) is 30.6 Å². The lowest BCUT2D eigenvalue weighted by atomic mass is 9.93. The summed E-state index contributed by atoms with van der Waals surface area (Å²) in [7, 11) is 0. The van der Waals surface area contributed by atoms with Crippen molar-refractivity contribution in [1.29, 1.82) is 0 Å². The minimum Gasteiger partial charge on any atom is -0.393 e. The number of hydrogen-bond donors (Lipinski definition) is 3. The maximum Gasteiger partial charge on any atom is 0.289 e. The van der Waals surface area contributed by atoms with E-state index in [2.05, 4.69) is 30.6 Å². The summed E-state index contributed by atoms with van der Waals surface area (Å²) in [6.07, 6.45) is 6.22. The van der Waals surface area contributed by atoms with Crippen molar-refractivity contribution in [2.24, 2.45) is 0 Å². The van der Waals surface area contributed by atoms with E-state index in [0.717, 1.165) is 25.7 Å². The van der Waals surface area contributed by atoms with Gasteiger partial charge in [-0.1, -0.05) is 11.6 Å². The zero-order chi connectivity index (χ0) is 20.4. The molecule has 2 aromatic heterocycles. The van der Waals surface area contributed by atoms with Crippen LogP contribution in [-0.2, 0) is 0 Å². The first-order valence-electron chi connectivity index (χ1n) is 9.13. The number of halogens is 1. The lowest BCUT2D eigenvalue weighted by Crippen LogP contribution is -2.28. The number of nitrogens with one attached hydrogen (secondary N) is 2. The SMILES string of the molecule is O=[N+]([O-])c1cc(Nc2ncc3nc(NC4CCC(O)CC4)ncc3n2)ccc1Cl. The first kappa shape index (κ1) is 19.2. The third-order valence-corrected chi connectivity index (χ3v) is 5.08. The van der Waals surface area contributed by atoms with E-state index in [0.29, 0.717) is 22.7 Å². The molecule has 0 amide bonds. The Hall–Kier alpha value is -3.11. The van der Waals surface area contributed by atoms with Gasteiger partial charge >= 0.3 is 0 Å². The van der Waals surface area contributed by atoms with Gasteiger partial charge in [-0.05, 0) is 37.8 Å². The van der Waals surface area contributed by atoms with Gasteiger partial charge < -0.3 is 15.7 Å². The molecule has 29 heavy (non-hydrogen) atoms. The lowest BCUT2D eigenvalue weighted by molar-refractivity contribution is -0.384. The highest BCUT2D eigenvalue weighted by atomic mass is 35.5. The molecule has 0 spiro atoms. The minimum absolute atomic E-state index is 0.0564. The average molecular weight is 416 g/mol. The van der Waals surface area contributed by atoms with Gasteiger partial charge in [-0.3, -0.25) is 10.1 Å². The predicted molar refractivity (Wildman–Crippen MR) is 108 cm³/mol. The molecule has 0 bridgehead atoms. The van der Waals surface area contributed by atoms with Crippen LogP contribution in [0.1, 0.15) is 25.7 Å². The summed E-state index contributed by atoms with van der Waals surface area (Å²) in [5.41, 5.74) is 1.35. The molecule has 0 aliphatic heterocycles. The Bertz CT molecular complexity index is 1060. The van der Waals surface area contributed by atoms with Crippen LogP contribution < -0.4 is 10.6 Å². The highest BCUT2D eigenvalue weighted by Crippen LogP contribution is 2.28. The number of aliphatic hydroxyl groups excluding tert-OH is 1. The van der Waals surface area contributed by atoms with Crippen molar-refractivity contribution in [3.05, 3.63) is 45.7 Å². The van der Waals surface area contributed by atoms with Crippen LogP contribution in [0.2, 0.25) is 5.02 Å². The summed E-state index contributed by atoms with van der Waals surface area (Å²) in [4.78, 5) is 27.8. The summed E-state index contributed by atoms with van der Waals surface area (Å²) in [6.45, 7) is 0. The van der Waals surface area contributed by atoms with E-state index >= 15 is 0 Å². The Morgan fingerprint density at radius 2 is 1.72 bits per heavy atom. The van der Waals surface area contributed by atoms with Crippen molar-refractivity contribution < 1.29 is 10.0 Å². The quantitative estimate of drug-likeness (QED) is 0.422. The maximum absolute atomic E-state index is 11.0. The fourth-order valence-electron chi connectivity index (χ4n) is 3.23. The van der Waals surface area contributed by atoms with Crippen molar-refractivity contribution in [2.45, 2.75) is 37.8 Å². The standard InChI is InChI=1S/C18H18ClN7O3/c19-13-6-3-11(7-16(13)26(28)29)23-18-21-9-14-15(25-18)8-20-17(24-14)22-10-1-4-12(27)5-2-10/h3,6-10,12,27H,1-2,4-5H2,(H,20,22,24)(H,21,23,25). The van der Waals surface area contributed by atoms with Gasteiger partial charge in [0.1, 0.15) is 16.1 Å². The number of aromatic nitrogens is 4. The topological polar surface area (TPSA) is 139 Å². The second kappa shape index (κ2) is 8.10. The zero-order valence-electron chi connectivity index (χ0n) is 15.2. The number of nitrogens with zero attached hydrogens (tertiary/aromatic N) is 5. The van der Waals surface area contributed by atoms with Gasteiger partial charge in [0.15, 0.2) is 0 Å². The third kappa shape index (κ3) is 4.49. The molecule has 10 nitrogen and oxygen atoms in total. The van der Waals surface area contributed by atoms with E-state index in [4.69, 9.17) is 11.6 Å². The highest BCUT2D eigenvalue weighted by Gasteiger charge is 2.20. The fraction of sp³-hybridized carbons (Fsp3) is 0.333. The minimum atomic E-state index is -0.551. The number of nitro groups is 1. The van der Waals surface area contributed by atoms with Crippen molar-refractivity contribution in [2.75, 3.05) is 10.6 Å². The van der Waals surface area contributed by atoms with Crippen LogP contribution in [0.3, 0.4) is 0 Å². The summed E-state index contributed by atoms with van der Waals surface area (Å²) < 4.78 is 0. The Kier molecular flexibility index (Phi) is 5.36. The molecule has 0 unspecified atom stereocenters. The molecule has 3 N–H and O–H groups in total. The van der Waals surface area contributed by atoms with Crippen molar-refractivity contribution in [3.63, 3.8) is 0 Å². The summed E-state index contributed by atoms with van der Waals surface area (Å²) in [6, 6.07) is 4.60. The van der Waals surface area contributed by atoms with Crippen molar-refractivity contribution >= 4 is 45.9 Å². The van der Waals surface area contributed by atoms with Crippen LogP contribution in [0.25, 0.3) is 11.0 Å². The van der Waals surface area contributed by atoms with E-state index in [1.54, 1.807) is 18.5 Å². The number of fused-ring (bicyclic) bond motifs is 1. The number of anilines is 3. The molecule has 150 valence electrons. The first-order valence-corrected chi connectivity index (χ1v) is 9.51. The monoisotopic (exact) mass is 415 g/mol. The summed E-state index contributed by atoms with van der Waals surface area (Å²) in [5, 5.41) is 26.9. The number of aliphatic hydroxyl groups is 1. The van der Waals surface area contributed by atoms with Gasteiger partial charge in [-0.15, -0.1) is 0 Å². The largest absolute Gasteiger partial charge is 0.393 e. The first-order chi connectivity index (χ1) is 14.0. The van der Waals surface area contributed by atoms with Crippen LogP contribution in [0, 0.1) is 10.1 Å². The molecule has 4 rings (SSSR count). The van der Waals surface area contributed by atoms with E-state index < -0.39 is 4.92 Å². The smallest absolute Gasteiger partial charge is 0.289 e. The van der Waals surface area contributed by atoms with Gasteiger partial charge in [0, 0.05) is 17.8 Å². The third-order valence-electron chi connectivity index (χ3n) is 4.76. The van der Waals surface area contributed by atoms with E-state index in [-0.39, 0.29) is 28.8 Å². The molecule has 1 aliphatic rings. The molecule has 1 saturated carbocycles. The van der Waals surface area contributed by atoms with Gasteiger partial charge in [0.2, 0.25) is 11.9 Å². The molecule has 0 atom stereocenters. The van der Waals surface area contributed by atoms with E-state index in [9.17, 15) is 15.2 Å². The maximum atomic E-state index is 11.0. The molecular formula is C18H18ClN7O3. The molecule has 0 radical (unpaired) electrons. The molecular weight excluding hydrogens is 398 g/mol. The van der Waals surface area contributed by atoms with Gasteiger partial charge in [-0.25, -0.2) is 19.9 Å². The molecule has 1 fully saturated rings. The zero-order valence-corrected chi connectivity index (χ0v) is 16.0. The molecule has 2 heterocycles. The summed E-state index contributed by atoms with van der Waals surface area (Å²) in [5.74, 6) is 0.760.